The standard InChI is InChI=1S/C17H21N3O4/c21-16(18-10-5-6-14-15(7-10)24-9-23-14)8-13-17(22)20-12-4-2-1-3-11(12)19-13/h5-7,11-13,19H,1-4,8-9H2,(H,18,21)(H,20,22)/p+1/t11-,12+,13-/m1/s1. The average molecular weight is 332 g/mol. The van der Waals surface area contributed by atoms with Gasteiger partial charge >= 0.3 is 0 Å². The number of quaternary nitrogens is 1. The van der Waals surface area contributed by atoms with Gasteiger partial charge in [-0.25, -0.2) is 0 Å². The number of amides is 2. The lowest BCUT2D eigenvalue weighted by atomic mass is 9.87. The summed E-state index contributed by atoms with van der Waals surface area (Å²) < 4.78 is 10.6. The number of carbonyl (C=O) groups is 2. The third-order valence-corrected chi connectivity index (χ3v) is 5.02. The summed E-state index contributed by atoms with van der Waals surface area (Å²) in [6.07, 6.45) is 4.69. The van der Waals surface area contributed by atoms with Crippen molar-refractivity contribution < 1.29 is 24.4 Å². The van der Waals surface area contributed by atoms with Gasteiger partial charge < -0.3 is 25.4 Å². The minimum Gasteiger partial charge on any atom is -0.454 e. The molecule has 1 saturated heterocycles. The van der Waals surface area contributed by atoms with Gasteiger partial charge in [-0.05, 0) is 25.0 Å². The Morgan fingerprint density at radius 3 is 3.00 bits per heavy atom. The molecule has 1 aromatic rings. The molecule has 4 rings (SSSR count). The average Bonchev–Trinajstić information content (AvgIpc) is 3.03. The number of ether oxygens (including phenoxy) is 2. The summed E-state index contributed by atoms with van der Waals surface area (Å²) in [6.45, 7) is 0.201. The highest BCUT2D eigenvalue weighted by Crippen LogP contribution is 2.34. The number of nitrogens with two attached hydrogens (primary N) is 1. The Bertz CT molecular complexity index is 663. The Hall–Kier alpha value is -2.28. The lowest BCUT2D eigenvalue weighted by Gasteiger charge is -2.37. The topological polar surface area (TPSA) is 93.3 Å². The summed E-state index contributed by atoms with van der Waals surface area (Å²) in [7, 11) is 0. The van der Waals surface area contributed by atoms with Crippen LogP contribution in [0.3, 0.4) is 0 Å². The lowest BCUT2D eigenvalue weighted by Crippen LogP contribution is -3.03. The number of hydrogen-bond donors (Lipinski definition) is 3. The van der Waals surface area contributed by atoms with Crippen LogP contribution in [-0.2, 0) is 9.59 Å². The second-order valence-corrected chi connectivity index (χ2v) is 6.68. The SMILES string of the molecule is O=C(C[C@H]1[NH2+][C@@H]2CCCC[C@@H]2NC1=O)Nc1ccc2c(c1)OCO2. The van der Waals surface area contributed by atoms with Gasteiger partial charge in [-0.2, -0.15) is 0 Å². The van der Waals surface area contributed by atoms with E-state index in [9.17, 15) is 9.59 Å². The van der Waals surface area contributed by atoms with Crippen molar-refractivity contribution in [1.82, 2.24) is 5.32 Å². The molecule has 4 N–H and O–H groups in total. The molecule has 2 amide bonds. The molecule has 0 radical (unpaired) electrons. The highest BCUT2D eigenvalue weighted by atomic mass is 16.7. The zero-order valence-corrected chi connectivity index (χ0v) is 13.4. The molecule has 2 aliphatic heterocycles. The van der Waals surface area contributed by atoms with E-state index in [0.717, 1.165) is 12.8 Å². The van der Waals surface area contributed by atoms with Crippen LogP contribution in [0.25, 0.3) is 0 Å². The Morgan fingerprint density at radius 2 is 2.08 bits per heavy atom. The predicted octanol–water partition coefficient (Wildman–Crippen LogP) is 0.117. The van der Waals surface area contributed by atoms with E-state index in [1.165, 1.54) is 12.8 Å². The number of benzene rings is 1. The van der Waals surface area contributed by atoms with Gasteiger partial charge in [-0.3, -0.25) is 9.59 Å². The fourth-order valence-corrected chi connectivity index (χ4v) is 3.79. The molecule has 3 aliphatic rings. The predicted molar refractivity (Wildman–Crippen MR) is 85.7 cm³/mol. The number of piperazine rings is 1. The van der Waals surface area contributed by atoms with Gasteiger partial charge in [0.1, 0.15) is 6.04 Å². The van der Waals surface area contributed by atoms with Crippen LogP contribution in [0.5, 0.6) is 11.5 Å². The van der Waals surface area contributed by atoms with Crippen LogP contribution in [-0.4, -0.2) is 36.7 Å². The van der Waals surface area contributed by atoms with Crippen LogP contribution in [0.1, 0.15) is 32.1 Å². The van der Waals surface area contributed by atoms with Crippen molar-refractivity contribution in [1.29, 1.82) is 0 Å². The fraction of sp³-hybridized carbons (Fsp3) is 0.529. The zero-order valence-electron chi connectivity index (χ0n) is 13.4. The maximum absolute atomic E-state index is 12.3. The first-order valence-corrected chi connectivity index (χ1v) is 8.54. The Kier molecular flexibility index (Phi) is 4.02. The Balaban J connectivity index is 1.36. The van der Waals surface area contributed by atoms with Gasteiger partial charge in [0, 0.05) is 18.2 Å². The third-order valence-electron chi connectivity index (χ3n) is 5.02. The molecule has 0 bridgehead atoms. The minimum absolute atomic E-state index is 0.0287. The molecule has 24 heavy (non-hydrogen) atoms. The molecule has 128 valence electrons. The molecule has 0 spiro atoms. The van der Waals surface area contributed by atoms with Crippen molar-refractivity contribution >= 4 is 17.5 Å². The zero-order chi connectivity index (χ0) is 16.5. The molecular formula is C17H22N3O4+. The van der Waals surface area contributed by atoms with Gasteiger partial charge in [0.15, 0.2) is 17.5 Å². The van der Waals surface area contributed by atoms with Crippen LogP contribution >= 0.6 is 0 Å². The van der Waals surface area contributed by atoms with Crippen LogP contribution in [0.15, 0.2) is 18.2 Å². The van der Waals surface area contributed by atoms with Crippen LogP contribution in [0.4, 0.5) is 5.69 Å². The number of fused-ring (bicyclic) bond motifs is 2. The van der Waals surface area contributed by atoms with Crippen molar-refractivity contribution in [3.8, 4) is 11.5 Å². The summed E-state index contributed by atoms with van der Waals surface area (Å²) >= 11 is 0. The highest BCUT2D eigenvalue weighted by Gasteiger charge is 2.40. The van der Waals surface area contributed by atoms with E-state index in [-0.39, 0.29) is 37.1 Å². The molecule has 2 heterocycles. The molecule has 0 aromatic heterocycles. The summed E-state index contributed by atoms with van der Waals surface area (Å²) in [4.78, 5) is 24.5. The molecule has 1 aliphatic carbocycles. The Labute approximate surface area is 140 Å². The van der Waals surface area contributed by atoms with Crippen LogP contribution in [0.2, 0.25) is 0 Å². The quantitative estimate of drug-likeness (QED) is 0.733. The monoisotopic (exact) mass is 332 g/mol. The molecule has 1 saturated carbocycles. The van der Waals surface area contributed by atoms with E-state index < -0.39 is 0 Å². The first-order valence-electron chi connectivity index (χ1n) is 8.54. The molecule has 7 heteroatoms. The van der Waals surface area contributed by atoms with Crippen molar-refractivity contribution in [2.45, 2.75) is 50.2 Å². The third kappa shape index (κ3) is 3.03. The molecule has 1 aromatic carbocycles. The number of nitrogens with one attached hydrogen (secondary N) is 2. The van der Waals surface area contributed by atoms with Crippen molar-refractivity contribution in [2.75, 3.05) is 12.1 Å². The number of carbonyl (C=O) groups excluding carboxylic acids is 2. The number of rotatable bonds is 3. The van der Waals surface area contributed by atoms with Gasteiger partial charge in [0.05, 0.1) is 12.5 Å². The Morgan fingerprint density at radius 1 is 1.25 bits per heavy atom. The number of hydrogen-bond acceptors (Lipinski definition) is 4. The molecule has 7 nitrogen and oxygen atoms in total. The first-order chi connectivity index (χ1) is 11.7. The van der Waals surface area contributed by atoms with E-state index in [1.807, 2.05) is 0 Å². The fourth-order valence-electron chi connectivity index (χ4n) is 3.79. The van der Waals surface area contributed by atoms with Crippen molar-refractivity contribution in [2.24, 2.45) is 0 Å². The van der Waals surface area contributed by atoms with Gasteiger partial charge in [0.2, 0.25) is 12.7 Å². The second-order valence-electron chi connectivity index (χ2n) is 6.68. The maximum Gasteiger partial charge on any atom is 0.279 e. The second kappa shape index (κ2) is 6.32. The van der Waals surface area contributed by atoms with E-state index in [0.29, 0.717) is 23.2 Å². The first kappa shape index (κ1) is 15.3. The summed E-state index contributed by atoms with van der Waals surface area (Å²) in [5.41, 5.74) is 0.649. The smallest absolute Gasteiger partial charge is 0.279 e. The summed E-state index contributed by atoms with van der Waals surface area (Å²) in [5, 5.41) is 8.01. The van der Waals surface area contributed by atoms with Crippen LogP contribution < -0.4 is 25.4 Å². The van der Waals surface area contributed by atoms with Crippen LogP contribution in [0, 0.1) is 0 Å². The van der Waals surface area contributed by atoms with E-state index in [4.69, 9.17) is 9.47 Å². The normalized spacial score (nSPS) is 28.0. The van der Waals surface area contributed by atoms with E-state index in [1.54, 1.807) is 18.2 Å². The van der Waals surface area contributed by atoms with Gasteiger partial charge in [0.25, 0.3) is 5.91 Å². The largest absolute Gasteiger partial charge is 0.454 e. The lowest BCUT2D eigenvalue weighted by molar-refractivity contribution is -0.718. The molecule has 2 fully saturated rings. The van der Waals surface area contributed by atoms with E-state index in [2.05, 4.69) is 16.0 Å². The molecule has 3 atom stereocenters. The van der Waals surface area contributed by atoms with Crippen molar-refractivity contribution in [3.63, 3.8) is 0 Å². The van der Waals surface area contributed by atoms with Gasteiger partial charge in [-0.1, -0.05) is 6.42 Å². The highest BCUT2D eigenvalue weighted by molar-refractivity contribution is 5.95. The summed E-state index contributed by atoms with van der Waals surface area (Å²) in [6, 6.07) is 5.59. The van der Waals surface area contributed by atoms with E-state index >= 15 is 0 Å². The van der Waals surface area contributed by atoms with Gasteiger partial charge in [-0.15, -0.1) is 0 Å². The molecular weight excluding hydrogens is 310 g/mol. The maximum atomic E-state index is 12.3. The van der Waals surface area contributed by atoms with Crippen molar-refractivity contribution in [3.05, 3.63) is 18.2 Å². The minimum atomic E-state index is -0.349. The number of anilines is 1. The molecule has 0 unspecified atom stereocenters. The summed E-state index contributed by atoms with van der Waals surface area (Å²) in [5.74, 6) is 1.11.